The molecular weight excluding hydrogens is 369 g/mol. The Morgan fingerprint density at radius 3 is 2.69 bits per heavy atom. The van der Waals surface area contributed by atoms with Crippen molar-refractivity contribution in [1.82, 2.24) is 5.32 Å². The second-order valence-electron chi connectivity index (χ2n) is 7.43. The molecule has 0 radical (unpaired) electrons. The van der Waals surface area contributed by atoms with Crippen molar-refractivity contribution in [1.29, 1.82) is 0 Å². The molecule has 0 saturated carbocycles. The van der Waals surface area contributed by atoms with Gasteiger partial charge in [-0.3, -0.25) is 4.79 Å². The quantitative estimate of drug-likeness (QED) is 0.693. The van der Waals surface area contributed by atoms with E-state index >= 15 is 0 Å². The fraction of sp³-hybridized carbons (Fsp3) is 0.273. The molecule has 4 rings (SSSR count). The maximum Gasteiger partial charge on any atom is 0.251 e. The van der Waals surface area contributed by atoms with E-state index < -0.39 is 11.7 Å². The van der Waals surface area contributed by atoms with E-state index in [0.717, 1.165) is 30.3 Å². The normalized spacial score (nSPS) is 20.1. The summed E-state index contributed by atoms with van der Waals surface area (Å²) in [6, 6.07) is 10.9. The second kappa shape index (κ2) is 7.67. The summed E-state index contributed by atoms with van der Waals surface area (Å²) in [7, 11) is 0. The Labute approximate surface area is 169 Å². The van der Waals surface area contributed by atoms with Gasteiger partial charge in [0, 0.05) is 13.3 Å². The van der Waals surface area contributed by atoms with Gasteiger partial charge in [-0.05, 0) is 61.1 Å². The summed E-state index contributed by atoms with van der Waals surface area (Å²) in [5, 5.41) is 12.2. The number of nitrogens with one attached hydrogen (secondary N) is 2. The first-order valence-electron chi connectivity index (χ1n) is 9.68. The Kier molecular flexibility index (Phi) is 5.07. The summed E-state index contributed by atoms with van der Waals surface area (Å²) in [4.78, 5) is 11.8. The van der Waals surface area contributed by atoms with Gasteiger partial charge in [0.05, 0.1) is 11.3 Å². The lowest BCUT2D eigenvalue weighted by molar-refractivity contribution is 0.100. The van der Waals surface area contributed by atoms with Gasteiger partial charge in [-0.15, -0.1) is 0 Å². The Morgan fingerprint density at radius 1 is 1.31 bits per heavy atom. The molecule has 29 heavy (non-hydrogen) atoms. The molecular formula is C22H24FN5O. The van der Waals surface area contributed by atoms with Crippen molar-refractivity contribution in [2.24, 2.45) is 10.8 Å². The van der Waals surface area contributed by atoms with Crippen molar-refractivity contribution in [2.45, 2.75) is 25.7 Å². The number of nitrogens with two attached hydrogens (primary N) is 1. The minimum absolute atomic E-state index is 0.0582. The third kappa shape index (κ3) is 3.49. The number of allylic oxidation sites excluding steroid dienone is 1. The highest BCUT2D eigenvalue weighted by atomic mass is 19.1. The number of amides is 1. The van der Waals surface area contributed by atoms with Crippen LogP contribution in [0.25, 0.3) is 5.57 Å². The molecule has 2 heterocycles. The Balaban J connectivity index is 1.70. The zero-order chi connectivity index (χ0) is 20.5. The number of hydrogen-bond acceptors (Lipinski definition) is 5. The maximum absolute atomic E-state index is 14.0. The zero-order valence-electron chi connectivity index (χ0n) is 16.3. The molecule has 0 aromatic heterocycles. The molecule has 0 aliphatic carbocycles. The van der Waals surface area contributed by atoms with E-state index in [-0.39, 0.29) is 5.56 Å². The minimum Gasteiger partial charge on any atom is -0.366 e. The summed E-state index contributed by atoms with van der Waals surface area (Å²) in [6.07, 6.45) is 2.38. The number of carbonyl (C=O) groups excluding carboxylic acids is 1. The average molecular weight is 393 g/mol. The van der Waals surface area contributed by atoms with Crippen LogP contribution >= 0.6 is 0 Å². The number of fused-ring (bicyclic) bond motifs is 1. The van der Waals surface area contributed by atoms with Crippen molar-refractivity contribution >= 4 is 29.6 Å². The predicted octanol–water partition coefficient (Wildman–Crippen LogP) is 3.63. The van der Waals surface area contributed by atoms with Gasteiger partial charge in [0.15, 0.2) is 0 Å². The van der Waals surface area contributed by atoms with Crippen LogP contribution < -0.4 is 21.4 Å². The van der Waals surface area contributed by atoms with Gasteiger partial charge in [-0.2, -0.15) is 5.10 Å². The van der Waals surface area contributed by atoms with Crippen molar-refractivity contribution in [3.8, 4) is 0 Å². The monoisotopic (exact) mass is 393 g/mol. The van der Waals surface area contributed by atoms with Crippen LogP contribution in [0.3, 0.4) is 0 Å². The highest BCUT2D eigenvalue weighted by Gasteiger charge is 2.31. The van der Waals surface area contributed by atoms with Crippen LogP contribution in [0.5, 0.6) is 0 Å². The Bertz CT molecular complexity index is 993. The second-order valence-corrected chi connectivity index (χ2v) is 7.43. The summed E-state index contributed by atoms with van der Waals surface area (Å²) in [5.74, 6) is -0.110. The summed E-state index contributed by atoms with van der Waals surface area (Å²) >= 11 is 0. The smallest absolute Gasteiger partial charge is 0.251 e. The molecule has 4 N–H and O–H groups in total. The van der Waals surface area contributed by atoms with Crippen LogP contribution in [0.4, 0.5) is 15.8 Å². The van der Waals surface area contributed by atoms with Crippen molar-refractivity contribution in [3.05, 3.63) is 64.7 Å². The number of hydrazone groups is 1. The first-order valence-corrected chi connectivity index (χ1v) is 9.68. The van der Waals surface area contributed by atoms with E-state index in [9.17, 15) is 9.18 Å². The van der Waals surface area contributed by atoms with E-state index in [0.29, 0.717) is 23.1 Å². The molecule has 1 amide bonds. The molecule has 1 fully saturated rings. The summed E-state index contributed by atoms with van der Waals surface area (Å²) in [6.45, 7) is 7.66. The molecule has 0 spiro atoms. The van der Waals surface area contributed by atoms with Crippen LogP contribution in [0.2, 0.25) is 0 Å². The zero-order valence-corrected chi connectivity index (χ0v) is 16.3. The lowest BCUT2D eigenvalue weighted by Crippen LogP contribution is -2.28. The van der Waals surface area contributed by atoms with Gasteiger partial charge in [0.1, 0.15) is 17.3 Å². The van der Waals surface area contributed by atoms with Crippen molar-refractivity contribution in [2.75, 3.05) is 23.4 Å². The maximum atomic E-state index is 14.0. The summed E-state index contributed by atoms with van der Waals surface area (Å²) < 4.78 is 14.0. The summed E-state index contributed by atoms with van der Waals surface area (Å²) in [5.41, 5.74) is 9.57. The highest BCUT2D eigenvalue weighted by molar-refractivity contribution is 6.05. The van der Waals surface area contributed by atoms with E-state index in [4.69, 9.17) is 5.73 Å². The topological polar surface area (TPSA) is 82.8 Å². The van der Waals surface area contributed by atoms with Crippen LogP contribution in [0, 0.1) is 5.82 Å². The highest BCUT2D eigenvalue weighted by Crippen LogP contribution is 2.42. The first-order chi connectivity index (χ1) is 14.0. The first kappa shape index (κ1) is 19.1. The Morgan fingerprint density at radius 2 is 2.07 bits per heavy atom. The van der Waals surface area contributed by atoms with Gasteiger partial charge in [0.2, 0.25) is 0 Å². The number of benzene rings is 2. The van der Waals surface area contributed by atoms with Crippen LogP contribution in [0.1, 0.15) is 47.2 Å². The molecule has 1 unspecified atom stereocenters. The molecule has 150 valence electrons. The number of nitrogens with zero attached hydrogens (tertiary/aromatic N) is 2. The standard InChI is InChI=1S/C22H24FN5O/c1-13(14-5-7-15(8-6-14)16-4-3-9-26-12-16)22-27-19-11-17(23)10-18(21(24)29)20(19)28(22)25-2/h5-8,10-11,16,26-27H,2-4,9,12H2,1H3,(H2,24,29)/b22-13+. The Hall–Kier alpha value is -3.19. The SMILES string of the molecule is C=NN1/C(=C(\C)c2ccc(C3CCCNC3)cc2)Nc2cc(F)cc(C(N)=O)c21. The average Bonchev–Trinajstić information content (AvgIpc) is 3.11. The van der Waals surface area contributed by atoms with Gasteiger partial charge in [0.25, 0.3) is 5.91 Å². The predicted molar refractivity (Wildman–Crippen MR) is 114 cm³/mol. The molecule has 2 aliphatic heterocycles. The number of hydrogen-bond donors (Lipinski definition) is 3. The van der Waals surface area contributed by atoms with Crippen LogP contribution in [0.15, 0.2) is 47.3 Å². The number of halogens is 1. The minimum atomic E-state index is -0.722. The molecule has 1 atom stereocenters. The van der Waals surface area contributed by atoms with Gasteiger partial charge < -0.3 is 16.4 Å². The van der Waals surface area contributed by atoms with Crippen molar-refractivity contribution in [3.63, 3.8) is 0 Å². The lowest BCUT2D eigenvalue weighted by Gasteiger charge is -2.23. The molecule has 7 heteroatoms. The van der Waals surface area contributed by atoms with E-state index in [2.05, 4.69) is 46.7 Å². The number of rotatable bonds is 4. The van der Waals surface area contributed by atoms with Crippen LogP contribution in [-0.4, -0.2) is 25.7 Å². The number of piperidine rings is 1. The van der Waals surface area contributed by atoms with Gasteiger partial charge >= 0.3 is 0 Å². The lowest BCUT2D eigenvalue weighted by atomic mass is 9.90. The molecule has 6 nitrogen and oxygen atoms in total. The number of anilines is 2. The fourth-order valence-corrected chi connectivity index (χ4v) is 4.08. The number of primary amides is 1. The van der Waals surface area contributed by atoms with E-state index in [1.165, 1.54) is 29.5 Å². The van der Waals surface area contributed by atoms with Gasteiger partial charge in [-0.1, -0.05) is 24.3 Å². The van der Waals surface area contributed by atoms with Crippen LogP contribution in [-0.2, 0) is 0 Å². The largest absolute Gasteiger partial charge is 0.366 e. The van der Waals surface area contributed by atoms with Crippen molar-refractivity contribution < 1.29 is 9.18 Å². The molecule has 2 aromatic carbocycles. The third-order valence-corrected chi connectivity index (χ3v) is 5.63. The number of carbonyl (C=O) groups is 1. The van der Waals surface area contributed by atoms with Gasteiger partial charge in [-0.25, -0.2) is 9.40 Å². The molecule has 2 aliphatic rings. The molecule has 1 saturated heterocycles. The van der Waals surface area contributed by atoms with E-state index in [1.807, 2.05) is 6.92 Å². The molecule has 0 bridgehead atoms. The fourth-order valence-electron chi connectivity index (χ4n) is 4.08. The third-order valence-electron chi connectivity index (χ3n) is 5.63. The molecule has 2 aromatic rings. The van der Waals surface area contributed by atoms with E-state index in [1.54, 1.807) is 0 Å².